The van der Waals surface area contributed by atoms with Gasteiger partial charge in [0, 0.05) is 0 Å². The van der Waals surface area contributed by atoms with E-state index in [0.29, 0.717) is 17.2 Å². The Kier molecular flexibility index (Phi) is 4.47. The van der Waals surface area contributed by atoms with E-state index in [1.54, 1.807) is 28.4 Å². The first-order valence-electron chi connectivity index (χ1n) is 7.58. The van der Waals surface area contributed by atoms with E-state index in [9.17, 15) is 0 Å². The standard InChI is InChI=1S/C20H20O4/c1-21-17-8-7-13-9-14(5-6-15(13)10-17)16-11-18(22-2)20(24-4)19(12-16)23-3/h5-12H,1-4H3. The monoisotopic (exact) mass is 324 g/mol. The smallest absolute Gasteiger partial charge is 0.203 e. The van der Waals surface area contributed by atoms with E-state index in [0.717, 1.165) is 27.6 Å². The molecule has 0 bridgehead atoms. The van der Waals surface area contributed by atoms with Gasteiger partial charge in [-0.3, -0.25) is 0 Å². The lowest BCUT2D eigenvalue weighted by Crippen LogP contribution is -1.95. The van der Waals surface area contributed by atoms with Crippen molar-refractivity contribution in [3.8, 4) is 34.1 Å². The molecule has 0 aromatic heterocycles. The molecule has 0 aliphatic carbocycles. The maximum Gasteiger partial charge on any atom is 0.203 e. The third-order valence-electron chi connectivity index (χ3n) is 4.05. The van der Waals surface area contributed by atoms with E-state index >= 15 is 0 Å². The van der Waals surface area contributed by atoms with Crippen molar-refractivity contribution in [2.45, 2.75) is 0 Å². The van der Waals surface area contributed by atoms with Crippen LogP contribution in [0.2, 0.25) is 0 Å². The Balaban J connectivity index is 2.12. The number of rotatable bonds is 5. The first kappa shape index (κ1) is 16.0. The van der Waals surface area contributed by atoms with Crippen molar-refractivity contribution >= 4 is 10.8 Å². The highest BCUT2D eigenvalue weighted by atomic mass is 16.5. The van der Waals surface area contributed by atoms with Crippen LogP contribution in [0.3, 0.4) is 0 Å². The molecule has 0 aliphatic rings. The molecule has 4 nitrogen and oxygen atoms in total. The summed E-state index contributed by atoms with van der Waals surface area (Å²) in [5, 5.41) is 2.27. The zero-order valence-electron chi connectivity index (χ0n) is 14.3. The second-order valence-electron chi connectivity index (χ2n) is 5.34. The number of hydrogen-bond acceptors (Lipinski definition) is 4. The summed E-state index contributed by atoms with van der Waals surface area (Å²) >= 11 is 0. The summed E-state index contributed by atoms with van der Waals surface area (Å²) in [6.07, 6.45) is 0. The Morgan fingerprint density at radius 2 is 1.17 bits per heavy atom. The van der Waals surface area contributed by atoms with Crippen molar-refractivity contribution in [1.82, 2.24) is 0 Å². The SMILES string of the molecule is COc1ccc2cc(-c3cc(OC)c(OC)c(OC)c3)ccc2c1. The van der Waals surface area contributed by atoms with Gasteiger partial charge in [-0.1, -0.05) is 18.2 Å². The zero-order chi connectivity index (χ0) is 17.1. The molecule has 0 saturated carbocycles. The van der Waals surface area contributed by atoms with Gasteiger partial charge >= 0.3 is 0 Å². The van der Waals surface area contributed by atoms with Gasteiger partial charge in [0.25, 0.3) is 0 Å². The van der Waals surface area contributed by atoms with Crippen LogP contribution in [-0.4, -0.2) is 28.4 Å². The van der Waals surface area contributed by atoms with Crippen molar-refractivity contribution in [1.29, 1.82) is 0 Å². The number of hydrogen-bond donors (Lipinski definition) is 0. The summed E-state index contributed by atoms with van der Waals surface area (Å²) in [6.45, 7) is 0. The van der Waals surface area contributed by atoms with Crippen LogP contribution in [0.15, 0.2) is 48.5 Å². The normalized spacial score (nSPS) is 10.5. The highest BCUT2D eigenvalue weighted by molar-refractivity contribution is 5.89. The Hall–Kier alpha value is -2.88. The minimum Gasteiger partial charge on any atom is -0.497 e. The summed E-state index contributed by atoms with van der Waals surface area (Å²) in [5.41, 5.74) is 2.08. The van der Waals surface area contributed by atoms with E-state index in [2.05, 4.69) is 24.3 Å². The fraction of sp³-hybridized carbons (Fsp3) is 0.200. The van der Waals surface area contributed by atoms with Crippen molar-refractivity contribution in [3.63, 3.8) is 0 Å². The maximum absolute atomic E-state index is 5.44. The molecule has 0 atom stereocenters. The molecule has 0 amide bonds. The molecule has 0 heterocycles. The van der Waals surface area contributed by atoms with Crippen LogP contribution in [0.25, 0.3) is 21.9 Å². The molecule has 24 heavy (non-hydrogen) atoms. The van der Waals surface area contributed by atoms with Crippen molar-refractivity contribution in [2.75, 3.05) is 28.4 Å². The van der Waals surface area contributed by atoms with E-state index < -0.39 is 0 Å². The number of ether oxygens (including phenoxy) is 4. The lowest BCUT2D eigenvalue weighted by molar-refractivity contribution is 0.324. The van der Waals surface area contributed by atoms with Crippen LogP contribution in [0.5, 0.6) is 23.0 Å². The molecule has 0 saturated heterocycles. The number of fused-ring (bicyclic) bond motifs is 1. The Morgan fingerprint density at radius 3 is 1.75 bits per heavy atom. The lowest BCUT2D eigenvalue weighted by Gasteiger charge is -2.14. The molecule has 0 N–H and O–H groups in total. The topological polar surface area (TPSA) is 36.9 Å². The second-order valence-corrected chi connectivity index (χ2v) is 5.34. The lowest BCUT2D eigenvalue weighted by atomic mass is 10.0. The molecule has 3 rings (SSSR count). The predicted octanol–water partition coefficient (Wildman–Crippen LogP) is 4.54. The molecule has 0 radical (unpaired) electrons. The summed E-state index contributed by atoms with van der Waals surface area (Å²) in [7, 11) is 6.51. The Labute approximate surface area is 141 Å². The van der Waals surface area contributed by atoms with Gasteiger partial charge in [-0.2, -0.15) is 0 Å². The van der Waals surface area contributed by atoms with Crippen LogP contribution < -0.4 is 18.9 Å². The largest absolute Gasteiger partial charge is 0.497 e. The van der Waals surface area contributed by atoms with Crippen molar-refractivity contribution in [3.05, 3.63) is 48.5 Å². The van der Waals surface area contributed by atoms with Gasteiger partial charge in [0.1, 0.15) is 5.75 Å². The molecular weight excluding hydrogens is 304 g/mol. The van der Waals surface area contributed by atoms with Crippen LogP contribution in [0, 0.1) is 0 Å². The maximum atomic E-state index is 5.44. The molecule has 0 spiro atoms. The third-order valence-corrected chi connectivity index (χ3v) is 4.05. The third kappa shape index (κ3) is 2.83. The predicted molar refractivity (Wildman–Crippen MR) is 95.6 cm³/mol. The molecule has 4 heteroatoms. The first-order chi connectivity index (χ1) is 11.7. The highest BCUT2D eigenvalue weighted by Crippen LogP contribution is 2.41. The Morgan fingerprint density at radius 1 is 0.542 bits per heavy atom. The van der Waals surface area contributed by atoms with Gasteiger partial charge < -0.3 is 18.9 Å². The van der Waals surface area contributed by atoms with Crippen LogP contribution in [0.4, 0.5) is 0 Å². The number of benzene rings is 3. The highest BCUT2D eigenvalue weighted by Gasteiger charge is 2.14. The van der Waals surface area contributed by atoms with Crippen LogP contribution >= 0.6 is 0 Å². The summed E-state index contributed by atoms with van der Waals surface area (Å²) in [4.78, 5) is 0. The van der Waals surface area contributed by atoms with E-state index in [4.69, 9.17) is 18.9 Å². The molecule has 0 unspecified atom stereocenters. The minimum absolute atomic E-state index is 0.592. The Bertz CT molecular complexity index is 846. The van der Waals surface area contributed by atoms with Crippen LogP contribution in [-0.2, 0) is 0 Å². The molecule has 124 valence electrons. The molecule has 0 fully saturated rings. The van der Waals surface area contributed by atoms with Crippen molar-refractivity contribution in [2.24, 2.45) is 0 Å². The first-order valence-corrected chi connectivity index (χ1v) is 7.58. The fourth-order valence-corrected chi connectivity index (χ4v) is 2.78. The van der Waals surface area contributed by atoms with Gasteiger partial charge in [0.05, 0.1) is 28.4 Å². The second kappa shape index (κ2) is 6.71. The van der Waals surface area contributed by atoms with Crippen LogP contribution in [0.1, 0.15) is 0 Å². The van der Waals surface area contributed by atoms with Gasteiger partial charge in [-0.25, -0.2) is 0 Å². The molecular formula is C20H20O4. The van der Waals surface area contributed by atoms with Gasteiger partial charge in [-0.05, 0) is 52.2 Å². The number of methoxy groups -OCH3 is 4. The van der Waals surface area contributed by atoms with Crippen molar-refractivity contribution < 1.29 is 18.9 Å². The van der Waals surface area contributed by atoms with Gasteiger partial charge in [0.15, 0.2) is 11.5 Å². The summed E-state index contributed by atoms with van der Waals surface area (Å²) in [6, 6.07) is 16.2. The van der Waals surface area contributed by atoms with Gasteiger partial charge in [-0.15, -0.1) is 0 Å². The average molecular weight is 324 g/mol. The fourth-order valence-electron chi connectivity index (χ4n) is 2.78. The zero-order valence-corrected chi connectivity index (χ0v) is 14.3. The van der Waals surface area contributed by atoms with Gasteiger partial charge in [0.2, 0.25) is 5.75 Å². The molecule has 3 aromatic carbocycles. The van der Waals surface area contributed by atoms with E-state index in [1.165, 1.54) is 0 Å². The molecule has 0 aliphatic heterocycles. The quantitative estimate of drug-likeness (QED) is 0.690. The molecule has 3 aromatic rings. The average Bonchev–Trinajstić information content (AvgIpc) is 2.65. The van der Waals surface area contributed by atoms with E-state index in [1.807, 2.05) is 24.3 Å². The summed E-state index contributed by atoms with van der Waals surface area (Å²) < 4.78 is 21.5. The van der Waals surface area contributed by atoms with E-state index in [-0.39, 0.29) is 0 Å². The summed E-state index contributed by atoms with van der Waals surface area (Å²) in [5.74, 6) is 2.72. The minimum atomic E-state index is 0.592.